The van der Waals surface area contributed by atoms with Gasteiger partial charge >= 0.3 is 0 Å². The van der Waals surface area contributed by atoms with Crippen LogP contribution in [0.25, 0.3) is 10.8 Å². The molecule has 1 fully saturated rings. The number of anilines is 1. The first-order valence-corrected chi connectivity index (χ1v) is 11.5. The number of amides is 4. The maximum Gasteiger partial charge on any atom is 0.273 e. The summed E-state index contributed by atoms with van der Waals surface area (Å²) in [5.41, 5.74) is 4.68. The minimum atomic E-state index is -1.19. The van der Waals surface area contributed by atoms with E-state index >= 15 is 0 Å². The molecule has 0 radical (unpaired) electrons. The molecular formula is C29H23N3O4. The fraction of sp³-hybridized carbons (Fsp3) is 0.103. The number of nitrogens with zero attached hydrogens (tertiary/aromatic N) is 2. The largest absolute Gasteiger partial charge is 0.274 e. The molecule has 5 rings (SSSR count). The van der Waals surface area contributed by atoms with E-state index in [9.17, 15) is 19.2 Å². The number of nitrogens with one attached hydrogen (secondary N) is 1. The molecule has 1 atom stereocenters. The summed E-state index contributed by atoms with van der Waals surface area (Å²) < 4.78 is 0. The number of benzene rings is 4. The van der Waals surface area contributed by atoms with Gasteiger partial charge in [-0.15, -0.1) is 0 Å². The molecule has 4 aromatic carbocycles. The van der Waals surface area contributed by atoms with Gasteiger partial charge in [0.15, 0.2) is 0 Å². The molecule has 0 saturated carbocycles. The van der Waals surface area contributed by atoms with Gasteiger partial charge in [0.25, 0.3) is 17.7 Å². The molecule has 0 bridgehead atoms. The second-order valence-corrected chi connectivity index (χ2v) is 8.63. The summed E-state index contributed by atoms with van der Waals surface area (Å²) in [4.78, 5) is 54.4. The molecule has 0 aromatic heterocycles. The normalized spacial score (nSPS) is 15.2. The first kappa shape index (κ1) is 23.0. The molecule has 7 nitrogen and oxygen atoms in total. The maximum atomic E-state index is 13.5. The van der Waals surface area contributed by atoms with Crippen LogP contribution in [0.5, 0.6) is 0 Å². The highest BCUT2D eigenvalue weighted by Gasteiger charge is 2.45. The Morgan fingerprint density at radius 1 is 0.833 bits per heavy atom. The van der Waals surface area contributed by atoms with E-state index in [-0.39, 0.29) is 12.0 Å². The molecular weight excluding hydrogens is 454 g/mol. The Kier molecular flexibility index (Phi) is 6.04. The van der Waals surface area contributed by atoms with Gasteiger partial charge in [0.1, 0.15) is 6.04 Å². The highest BCUT2D eigenvalue weighted by atomic mass is 16.2. The SMILES string of the molecule is Cc1ccc(N2C(=O)CC(N(NC(=O)c3cccc4ccccc34)C(=O)c3ccccc3)C2=O)cc1. The molecule has 4 aromatic rings. The fourth-order valence-corrected chi connectivity index (χ4v) is 4.37. The average molecular weight is 478 g/mol. The van der Waals surface area contributed by atoms with Crippen molar-refractivity contribution in [2.75, 3.05) is 4.90 Å². The predicted molar refractivity (Wildman–Crippen MR) is 136 cm³/mol. The van der Waals surface area contributed by atoms with E-state index in [2.05, 4.69) is 5.43 Å². The van der Waals surface area contributed by atoms with Crippen LogP contribution in [0.1, 0.15) is 32.7 Å². The van der Waals surface area contributed by atoms with Gasteiger partial charge in [0.05, 0.1) is 12.1 Å². The number of hydrazine groups is 1. The second kappa shape index (κ2) is 9.46. The lowest BCUT2D eigenvalue weighted by atomic mass is 10.0. The molecule has 1 unspecified atom stereocenters. The van der Waals surface area contributed by atoms with Gasteiger partial charge in [0.2, 0.25) is 5.91 Å². The summed E-state index contributed by atoms with van der Waals surface area (Å²) in [6, 6.07) is 26.8. The predicted octanol–water partition coefficient (Wildman–Crippen LogP) is 4.27. The minimum absolute atomic E-state index is 0.249. The molecule has 1 aliphatic rings. The molecule has 0 aliphatic carbocycles. The summed E-state index contributed by atoms with van der Waals surface area (Å²) in [6.07, 6.45) is -0.249. The summed E-state index contributed by atoms with van der Waals surface area (Å²) >= 11 is 0. The molecule has 4 amide bonds. The summed E-state index contributed by atoms with van der Waals surface area (Å²) in [6.45, 7) is 1.91. The average Bonchev–Trinajstić information content (AvgIpc) is 3.20. The van der Waals surface area contributed by atoms with Gasteiger partial charge in [-0.05, 0) is 48.0 Å². The third kappa shape index (κ3) is 4.22. The van der Waals surface area contributed by atoms with E-state index < -0.39 is 29.7 Å². The van der Waals surface area contributed by atoms with Gasteiger partial charge in [-0.25, -0.2) is 9.91 Å². The molecule has 1 heterocycles. The number of fused-ring (bicyclic) bond motifs is 1. The fourth-order valence-electron chi connectivity index (χ4n) is 4.37. The van der Waals surface area contributed by atoms with Gasteiger partial charge < -0.3 is 0 Å². The third-order valence-electron chi connectivity index (χ3n) is 6.22. The Balaban J connectivity index is 1.51. The van der Waals surface area contributed by atoms with Crippen molar-refractivity contribution in [2.24, 2.45) is 0 Å². The minimum Gasteiger partial charge on any atom is -0.274 e. The van der Waals surface area contributed by atoms with Crippen molar-refractivity contribution in [3.63, 3.8) is 0 Å². The lowest BCUT2D eigenvalue weighted by Crippen LogP contribution is -2.54. The second-order valence-electron chi connectivity index (χ2n) is 8.63. The molecule has 7 heteroatoms. The number of carbonyl (C=O) groups is 4. The van der Waals surface area contributed by atoms with Crippen molar-refractivity contribution in [2.45, 2.75) is 19.4 Å². The highest BCUT2D eigenvalue weighted by molar-refractivity contribution is 6.23. The van der Waals surface area contributed by atoms with Crippen molar-refractivity contribution in [1.82, 2.24) is 10.4 Å². The topological polar surface area (TPSA) is 86.8 Å². The Morgan fingerprint density at radius 2 is 1.50 bits per heavy atom. The highest BCUT2D eigenvalue weighted by Crippen LogP contribution is 2.27. The molecule has 36 heavy (non-hydrogen) atoms. The van der Waals surface area contributed by atoms with Crippen molar-refractivity contribution in [3.8, 4) is 0 Å². The first-order chi connectivity index (χ1) is 17.4. The van der Waals surface area contributed by atoms with E-state index in [1.54, 1.807) is 66.7 Å². The zero-order valence-electron chi connectivity index (χ0n) is 19.5. The van der Waals surface area contributed by atoms with Crippen LogP contribution in [-0.2, 0) is 9.59 Å². The van der Waals surface area contributed by atoms with Crippen LogP contribution in [-0.4, -0.2) is 34.7 Å². The molecule has 1 N–H and O–H groups in total. The van der Waals surface area contributed by atoms with E-state index in [1.807, 2.05) is 37.3 Å². The van der Waals surface area contributed by atoms with Crippen molar-refractivity contribution in [3.05, 3.63) is 114 Å². The van der Waals surface area contributed by atoms with Crippen LogP contribution < -0.4 is 10.3 Å². The van der Waals surface area contributed by atoms with Crippen LogP contribution in [0.2, 0.25) is 0 Å². The van der Waals surface area contributed by atoms with E-state index in [0.717, 1.165) is 20.9 Å². The Labute approximate surface area is 207 Å². The first-order valence-electron chi connectivity index (χ1n) is 11.5. The number of rotatable bonds is 4. The van der Waals surface area contributed by atoms with Crippen molar-refractivity contribution in [1.29, 1.82) is 0 Å². The Bertz CT molecular complexity index is 1480. The summed E-state index contributed by atoms with van der Waals surface area (Å²) in [5.74, 6) is -2.16. The van der Waals surface area contributed by atoms with Crippen LogP contribution in [0.3, 0.4) is 0 Å². The zero-order chi connectivity index (χ0) is 25.2. The number of hydrogen-bond acceptors (Lipinski definition) is 4. The third-order valence-corrected chi connectivity index (χ3v) is 6.22. The Hall–Kier alpha value is -4.78. The van der Waals surface area contributed by atoms with Crippen LogP contribution in [0.4, 0.5) is 5.69 Å². The van der Waals surface area contributed by atoms with Gasteiger partial charge in [-0.1, -0.05) is 72.3 Å². The molecule has 1 aliphatic heterocycles. The monoisotopic (exact) mass is 477 g/mol. The smallest absolute Gasteiger partial charge is 0.273 e. The van der Waals surface area contributed by atoms with Crippen LogP contribution in [0, 0.1) is 6.92 Å². The molecule has 0 spiro atoms. The van der Waals surface area contributed by atoms with Gasteiger partial charge in [0, 0.05) is 11.1 Å². The van der Waals surface area contributed by atoms with Crippen molar-refractivity contribution < 1.29 is 19.2 Å². The molecule has 1 saturated heterocycles. The lowest BCUT2D eigenvalue weighted by Gasteiger charge is -2.28. The Morgan fingerprint density at radius 3 is 2.25 bits per heavy atom. The van der Waals surface area contributed by atoms with Crippen LogP contribution in [0.15, 0.2) is 97.1 Å². The van der Waals surface area contributed by atoms with E-state index in [1.165, 1.54) is 0 Å². The van der Waals surface area contributed by atoms with Crippen molar-refractivity contribution >= 4 is 40.1 Å². The number of hydrogen-bond donors (Lipinski definition) is 1. The summed E-state index contributed by atoms with van der Waals surface area (Å²) in [5, 5.41) is 2.57. The lowest BCUT2D eigenvalue weighted by molar-refractivity contribution is -0.122. The van der Waals surface area contributed by atoms with Gasteiger partial charge in [-0.2, -0.15) is 0 Å². The van der Waals surface area contributed by atoms with E-state index in [4.69, 9.17) is 0 Å². The van der Waals surface area contributed by atoms with Gasteiger partial charge in [-0.3, -0.25) is 24.6 Å². The zero-order valence-corrected chi connectivity index (χ0v) is 19.5. The van der Waals surface area contributed by atoms with Crippen LogP contribution >= 0.6 is 0 Å². The number of imide groups is 1. The maximum absolute atomic E-state index is 13.5. The summed E-state index contributed by atoms with van der Waals surface area (Å²) in [7, 11) is 0. The standard InChI is InChI=1S/C29H23N3O4/c1-19-14-16-22(17-15-19)31-26(33)18-25(29(31)36)32(28(35)21-9-3-2-4-10-21)30-27(34)24-13-7-11-20-8-5-6-12-23(20)24/h2-17,25H,18H2,1H3,(H,30,34). The number of carbonyl (C=O) groups excluding carboxylic acids is 4. The number of aryl methyl sites for hydroxylation is 1. The quantitative estimate of drug-likeness (QED) is 0.351. The van der Waals surface area contributed by atoms with E-state index in [0.29, 0.717) is 16.6 Å². The molecule has 178 valence electrons.